The van der Waals surface area contributed by atoms with Gasteiger partial charge in [0.2, 0.25) is 0 Å². The summed E-state index contributed by atoms with van der Waals surface area (Å²) < 4.78 is 0. The highest BCUT2D eigenvalue weighted by Crippen LogP contribution is 2.21. The molecule has 152 valence electrons. The highest BCUT2D eigenvalue weighted by molar-refractivity contribution is 5.63. The van der Waals surface area contributed by atoms with E-state index in [4.69, 9.17) is 0 Å². The number of benzene rings is 3. The Morgan fingerprint density at radius 1 is 0.393 bits per heavy atom. The summed E-state index contributed by atoms with van der Waals surface area (Å²) in [6, 6.07) is 26.5. The maximum absolute atomic E-state index is 2.25. The Labute approximate surface area is 174 Å². The lowest BCUT2D eigenvalue weighted by atomic mass is 9.99. The summed E-state index contributed by atoms with van der Waals surface area (Å²) in [7, 11) is 0. The molecule has 0 heterocycles. The van der Waals surface area contributed by atoms with Gasteiger partial charge in [-0.25, -0.2) is 0 Å². The molecular formula is C28H40. The Morgan fingerprint density at radius 3 is 1.00 bits per heavy atom. The van der Waals surface area contributed by atoms with E-state index in [1.807, 2.05) is 41.5 Å². The monoisotopic (exact) mass is 376 g/mol. The van der Waals surface area contributed by atoms with Crippen LogP contribution in [0.4, 0.5) is 0 Å². The molecule has 3 aromatic carbocycles. The fourth-order valence-corrected chi connectivity index (χ4v) is 2.65. The largest absolute Gasteiger partial charge is 0.0683 e. The summed E-state index contributed by atoms with van der Waals surface area (Å²) in [5.41, 5.74) is 8.02. The van der Waals surface area contributed by atoms with Gasteiger partial charge in [0.15, 0.2) is 0 Å². The molecule has 0 saturated carbocycles. The lowest BCUT2D eigenvalue weighted by Gasteiger charge is -2.06. The van der Waals surface area contributed by atoms with Crippen molar-refractivity contribution >= 4 is 0 Å². The van der Waals surface area contributed by atoms with Crippen molar-refractivity contribution in [1.29, 1.82) is 0 Å². The van der Waals surface area contributed by atoms with Gasteiger partial charge in [-0.05, 0) is 48.9 Å². The van der Waals surface area contributed by atoms with Crippen LogP contribution < -0.4 is 0 Å². The van der Waals surface area contributed by atoms with Crippen LogP contribution in [0.25, 0.3) is 11.1 Å². The van der Waals surface area contributed by atoms with Crippen LogP contribution in [0.5, 0.6) is 0 Å². The molecule has 0 fully saturated rings. The van der Waals surface area contributed by atoms with Gasteiger partial charge < -0.3 is 0 Å². The smallest absolute Gasteiger partial charge is 0.0184 e. The van der Waals surface area contributed by atoms with E-state index in [0.29, 0.717) is 0 Å². The maximum Gasteiger partial charge on any atom is -0.0184 e. The van der Waals surface area contributed by atoms with E-state index >= 15 is 0 Å². The zero-order valence-electron chi connectivity index (χ0n) is 19.3. The molecule has 28 heavy (non-hydrogen) atoms. The second-order valence-corrected chi connectivity index (χ2v) is 6.05. The topological polar surface area (TPSA) is 0 Å². The summed E-state index contributed by atoms with van der Waals surface area (Å²) in [6.07, 6.45) is 2.20. The molecule has 0 saturated heterocycles. The maximum atomic E-state index is 2.25. The molecule has 3 aromatic rings. The Hall–Kier alpha value is -2.34. The van der Waals surface area contributed by atoms with Crippen molar-refractivity contribution in [3.05, 3.63) is 95.1 Å². The average Bonchev–Trinajstić information content (AvgIpc) is 2.78. The molecule has 0 N–H and O–H groups in total. The van der Waals surface area contributed by atoms with Crippen LogP contribution in [0.2, 0.25) is 0 Å². The highest BCUT2D eigenvalue weighted by Gasteiger charge is 1.99. The third-order valence-electron chi connectivity index (χ3n) is 4.16. The van der Waals surface area contributed by atoms with Crippen LogP contribution in [0, 0.1) is 13.8 Å². The lowest BCUT2D eigenvalue weighted by molar-refractivity contribution is 0.959. The number of aryl methyl sites for hydroxylation is 4. The van der Waals surface area contributed by atoms with Crippen molar-refractivity contribution in [3.8, 4) is 11.1 Å². The van der Waals surface area contributed by atoms with Gasteiger partial charge in [-0.2, -0.15) is 0 Å². The van der Waals surface area contributed by atoms with E-state index in [1.165, 1.54) is 33.4 Å². The molecule has 0 heteroatoms. The van der Waals surface area contributed by atoms with Gasteiger partial charge in [0, 0.05) is 0 Å². The summed E-state index contributed by atoms with van der Waals surface area (Å²) in [5.74, 6) is 0. The molecular weight excluding hydrogens is 336 g/mol. The minimum Gasteiger partial charge on any atom is -0.0683 e. The van der Waals surface area contributed by atoms with E-state index in [1.54, 1.807) is 0 Å². The molecule has 0 nitrogen and oxygen atoms in total. The van der Waals surface area contributed by atoms with Crippen molar-refractivity contribution in [3.63, 3.8) is 0 Å². The zero-order valence-corrected chi connectivity index (χ0v) is 19.3. The van der Waals surface area contributed by atoms with Gasteiger partial charge >= 0.3 is 0 Å². The van der Waals surface area contributed by atoms with Crippen molar-refractivity contribution in [2.45, 2.75) is 68.2 Å². The number of hydrogen-bond donors (Lipinski definition) is 0. The molecule has 0 aromatic heterocycles. The van der Waals surface area contributed by atoms with E-state index in [0.717, 1.165) is 12.8 Å². The average molecular weight is 377 g/mol. The normalized spacial score (nSPS) is 9.00. The Balaban J connectivity index is 0.00000111. The minimum atomic E-state index is 1.09. The van der Waals surface area contributed by atoms with Gasteiger partial charge in [-0.15, -0.1) is 0 Å². The van der Waals surface area contributed by atoms with Gasteiger partial charge in [0.1, 0.15) is 0 Å². The van der Waals surface area contributed by atoms with E-state index in [2.05, 4.69) is 86.6 Å². The summed E-state index contributed by atoms with van der Waals surface area (Å²) >= 11 is 0. The van der Waals surface area contributed by atoms with E-state index in [-0.39, 0.29) is 0 Å². The van der Waals surface area contributed by atoms with Crippen LogP contribution in [0.3, 0.4) is 0 Å². The third-order valence-corrected chi connectivity index (χ3v) is 4.16. The first-order valence-electron chi connectivity index (χ1n) is 10.9. The summed E-state index contributed by atoms with van der Waals surface area (Å²) in [4.78, 5) is 0. The minimum absolute atomic E-state index is 1.09. The quantitative estimate of drug-likeness (QED) is 0.426. The first-order valence-corrected chi connectivity index (χ1v) is 10.9. The van der Waals surface area contributed by atoms with Crippen molar-refractivity contribution in [1.82, 2.24) is 0 Å². The van der Waals surface area contributed by atoms with Crippen LogP contribution >= 0.6 is 0 Å². The fraction of sp³-hybridized carbons (Fsp3) is 0.357. The van der Waals surface area contributed by atoms with Gasteiger partial charge in [0.05, 0.1) is 0 Å². The predicted octanol–water partition coefficient (Wildman–Crippen LogP) is 8.83. The second-order valence-electron chi connectivity index (χ2n) is 6.05. The zero-order chi connectivity index (χ0) is 21.4. The van der Waals surface area contributed by atoms with Crippen LogP contribution in [-0.2, 0) is 12.8 Å². The number of rotatable bonds is 4. The standard InChI is InChI=1S/C22H22.3C2H6/c1-17-3-7-19(8-4-17)9-10-20-11-15-22(16-12-20)21-13-5-18(2)6-14-21;3*1-2/h3-8,11-16H,9-10H2,1-2H3;3*1-2H3. The molecule has 0 aliphatic rings. The molecule has 3 rings (SSSR count). The first-order chi connectivity index (χ1) is 13.7. The summed E-state index contributed by atoms with van der Waals surface area (Å²) in [6.45, 7) is 16.3. The van der Waals surface area contributed by atoms with Crippen molar-refractivity contribution < 1.29 is 0 Å². The molecule has 0 aliphatic heterocycles. The van der Waals surface area contributed by atoms with E-state index < -0.39 is 0 Å². The van der Waals surface area contributed by atoms with E-state index in [9.17, 15) is 0 Å². The molecule has 0 amide bonds. The Kier molecular flexibility index (Phi) is 14.4. The second kappa shape index (κ2) is 15.7. The first kappa shape index (κ1) is 25.7. The molecule has 0 bridgehead atoms. The third kappa shape index (κ3) is 9.04. The van der Waals surface area contributed by atoms with Crippen LogP contribution in [0.1, 0.15) is 63.8 Å². The lowest BCUT2D eigenvalue weighted by Crippen LogP contribution is -1.91. The number of hydrogen-bond acceptors (Lipinski definition) is 0. The van der Waals surface area contributed by atoms with Crippen molar-refractivity contribution in [2.75, 3.05) is 0 Å². The Morgan fingerprint density at radius 2 is 0.643 bits per heavy atom. The molecule has 0 radical (unpaired) electrons. The van der Waals surface area contributed by atoms with Crippen LogP contribution in [0.15, 0.2) is 72.8 Å². The van der Waals surface area contributed by atoms with Crippen molar-refractivity contribution in [2.24, 2.45) is 0 Å². The molecule has 0 unspecified atom stereocenters. The molecule has 0 aliphatic carbocycles. The van der Waals surface area contributed by atoms with Gasteiger partial charge in [-0.1, -0.05) is 125 Å². The fourth-order valence-electron chi connectivity index (χ4n) is 2.65. The predicted molar refractivity (Wildman–Crippen MR) is 129 cm³/mol. The van der Waals surface area contributed by atoms with Gasteiger partial charge in [0.25, 0.3) is 0 Å². The Bertz CT molecular complexity index is 717. The molecule has 0 spiro atoms. The molecule has 0 atom stereocenters. The van der Waals surface area contributed by atoms with Gasteiger partial charge in [-0.3, -0.25) is 0 Å². The highest BCUT2D eigenvalue weighted by atomic mass is 14.0. The SMILES string of the molecule is CC.CC.CC.Cc1ccc(CCc2ccc(-c3ccc(C)cc3)cc2)cc1. The van der Waals surface area contributed by atoms with Crippen LogP contribution in [-0.4, -0.2) is 0 Å². The summed E-state index contributed by atoms with van der Waals surface area (Å²) in [5, 5.41) is 0.